The van der Waals surface area contributed by atoms with Crippen LogP contribution in [-0.2, 0) is 14.5 Å². The zero-order chi connectivity index (χ0) is 24.4. The minimum atomic E-state index is -0.979. The molecule has 0 radical (unpaired) electrons. The molecule has 1 spiro atoms. The van der Waals surface area contributed by atoms with Crippen molar-refractivity contribution in [3.8, 4) is 5.75 Å². The van der Waals surface area contributed by atoms with Crippen LogP contribution >= 0.6 is 11.8 Å². The van der Waals surface area contributed by atoms with Gasteiger partial charge in [-0.3, -0.25) is 0 Å². The van der Waals surface area contributed by atoms with E-state index in [1.807, 2.05) is 76.7 Å². The second-order valence-corrected chi connectivity index (χ2v) is 9.10. The van der Waals surface area contributed by atoms with Gasteiger partial charge in [-0.05, 0) is 61.5 Å². The van der Waals surface area contributed by atoms with E-state index in [9.17, 15) is 4.79 Å². The van der Waals surface area contributed by atoms with E-state index in [2.05, 4.69) is 19.1 Å². The molecular formula is C27H26N4O3S. The Balaban J connectivity index is 1.77. The molecule has 0 amide bonds. The highest BCUT2D eigenvalue weighted by Crippen LogP contribution is 2.54. The van der Waals surface area contributed by atoms with Crippen molar-refractivity contribution < 1.29 is 14.3 Å². The molecule has 1 atom stereocenters. The van der Waals surface area contributed by atoms with Crippen LogP contribution in [0.5, 0.6) is 5.75 Å². The number of esters is 1. The molecule has 5 rings (SSSR count). The third-order valence-corrected chi connectivity index (χ3v) is 7.21. The fourth-order valence-corrected chi connectivity index (χ4v) is 5.62. The lowest BCUT2D eigenvalue weighted by Crippen LogP contribution is -2.53. The minimum absolute atomic E-state index is 0.269. The van der Waals surface area contributed by atoms with E-state index in [0.29, 0.717) is 0 Å². The van der Waals surface area contributed by atoms with E-state index in [0.717, 1.165) is 40.4 Å². The monoisotopic (exact) mass is 486 g/mol. The van der Waals surface area contributed by atoms with Crippen molar-refractivity contribution in [1.29, 1.82) is 0 Å². The molecule has 35 heavy (non-hydrogen) atoms. The Morgan fingerprint density at radius 3 is 2.23 bits per heavy atom. The minimum Gasteiger partial charge on any atom is -0.497 e. The van der Waals surface area contributed by atoms with Gasteiger partial charge in [0.15, 0.2) is 0 Å². The van der Waals surface area contributed by atoms with Gasteiger partial charge in [0.2, 0.25) is 10.0 Å². The number of carbonyl (C=O) groups is 1. The molecule has 0 saturated carbocycles. The molecular weight excluding hydrogens is 460 g/mol. The van der Waals surface area contributed by atoms with Gasteiger partial charge in [0.25, 0.3) is 0 Å². The maximum atomic E-state index is 12.9. The van der Waals surface area contributed by atoms with Crippen LogP contribution in [0.3, 0.4) is 0 Å². The molecule has 7 nitrogen and oxygen atoms in total. The van der Waals surface area contributed by atoms with Crippen LogP contribution in [0.2, 0.25) is 0 Å². The lowest BCUT2D eigenvalue weighted by atomic mass is 9.96. The van der Waals surface area contributed by atoms with Crippen molar-refractivity contribution in [2.75, 3.05) is 23.7 Å². The van der Waals surface area contributed by atoms with Crippen molar-refractivity contribution in [1.82, 2.24) is 0 Å². The average Bonchev–Trinajstić information content (AvgIpc) is 3.31. The molecule has 0 saturated heterocycles. The molecule has 2 aliphatic rings. The fourth-order valence-electron chi connectivity index (χ4n) is 4.33. The molecule has 0 bridgehead atoms. The van der Waals surface area contributed by atoms with Crippen molar-refractivity contribution in [2.24, 2.45) is 10.2 Å². The molecule has 2 aliphatic heterocycles. The summed E-state index contributed by atoms with van der Waals surface area (Å²) in [4.78, 5) is 12.0. The highest BCUT2D eigenvalue weighted by Gasteiger charge is 2.56. The topological polar surface area (TPSA) is 66.7 Å². The quantitative estimate of drug-likeness (QED) is 0.425. The number of hydrogen-bond donors (Lipinski definition) is 0. The SMILES string of the molecule is CCOC(=O)C1=NN(c2ccc(OC)cc2)C2(S1)c1ccccc1C(CC)=NN2c1ccccc1. The highest BCUT2D eigenvalue weighted by atomic mass is 32.2. The summed E-state index contributed by atoms with van der Waals surface area (Å²) in [5.41, 5.74) is 4.69. The van der Waals surface area contributed by atoms with Crippen LogP contribution < -0.4 is 14.8 Å². The van der Waals surface area contributed by atoms with E-state index < -0.39 is 11.0 Å². The Labute approximate surface area is 209 Å². The Kier molecular flexibility index (Phi) is 6.21. The Bertz CT molecular complexity index is 1290. The van der Waals surface area contributed by atoms with Crippen LogP contribution in [0.4, 0.5) is 11.4 Å². The van der Waals surface area contributed by atoms with Crippen LogP contribution in [0, 0.1) is 0 Å². The molecule has 0 aromatic heterocycles. The predicted molar refractivity (Wildman–Crippen MR) is 141 cm³/mol. The summed E-state index contributed by atoms with van der Waals surface area (Å²) < 4.78 is 10.7. The number of benzene rings is 3. The van der Waals surface area contributed by atoms with Gasteiger partial charge in [-0.2, -0.15) is 10.2 Å². The van der Waals surface area contributed by atoms with Gasteiger partial charge < -0.3 is 9.47 Å². The largest absolute Gasteiger partial charge is 0.497 e. The standard InChI is InChI=1S/C27H26N4O3S/c1-4-24-22-13-9-10-14-23(22)27(30(28-24)19-11-7-6-8-12-19)31(20-15-17-21(33-3)18-16-20)29-25(35-27)26(32)34-5-2/h6-18H,4-5H2,1-3H3. The van der Waals surface area contributed by atoms with Crippen LogP contribution in [0.1, 0.15) is 31.4 Å². The van der Waals surface area contributed by atoms with Gasteiger partial charge in [-0.1, -0.05) is 49.4 Å². The number of fused-ring (bicyclic) bond motifs is 2. The number of nitrogens with zero attached hydrogens (tertiary/aromatic N) is 4. The molecule has 0 fully saturated rings. The lowest BCUT2D eigenvalue weighted by molar-refractivity contribution is -0.134. The van der Waals surface area contributed by atoms with Crippen molar-refractivity contribution in [3.05, 3.63) is 90.0 Å². The van der Waals surface area contributed by atoms with Crippen molar-refractivity contribution in [2.45, 2.75) is 25.3 Å². The predicted octanol–water partition coefficient (Wildman–Crippen LogP) is 5.57. The third kappa shape index (κ3) is 3.83. The molecule has 178 valence electrons. The molecule has 3 aromatic rings. The van der Waals surface area contributed by atoms with E-state index in [1.165, 1.54) is 11.8 Å². The van der Waals surface area contributed by atoms with Gasteiger partial charge in [0.05, 0.1) is 30.8 Å². The molecule has 2 heterocycles. The maximum Gasteiger partial charge on any atom is 0.365 e. The third-order valence-electron chi connectivity index (χ3n) is 5.92. The molecule has 1 unspecified atom stereocenters. The van der Waals surface area contributed by atoms with E-state index >= 15 is 0 Å². The second kappa shape index (κ2) is 9.46. The first-order chi connectivity index (χ1) is 17.1. The summed E-state index contributed by atoms with van der Waals surface area (Å²) >= 11 is 1.34. The smallest absolute Gasteiger partial charge is 0.365 e. The number of hydrogen-bond acceptors (Lipinski definition) is 8. The summed E-state index contributed by atoms with van der Waals surface area (Å²) in [5.74, 6) is 0.281. The lowest BCUT2D eigenvalue weighted by Gasteiger charge is -2.47. The highest BCUT2D eigenvalue weighted by molar-refractivity contribution is 8.16. The number of hydrazone groups is 2. The summed E-state index contributed by atoms with van der Waals surface area (Å²) in [6.45, 7) is 4.16. The summed E-state index contributed by atoms with van der Waals surface area (Å²) in [6.07, 6.45) is 0.759. The van der Waals surface area contributed by atoms with Crippen LogP contribution in [0.25, 0.3) is 0 Å². The van der Waals surface area contributed by atoms with Crippen LogP contribution in [-0.4, -0.2) is 30.4 Å². The maximum absolute atomic E-state index is 12.9. The number of ether oxygens (including phenoxy) is 2. The van der Waals surface area contributed by atoms with Crippen molar-refractivity contribution >= 4 is 39.9 Å². The number of anilines is 2. The number of para-hydroxylation sites is 1. The second-order valence-electron chi connectivity index (χ2n) is 7.94. The number of carbonyl (C=O) groups excluding carboxylic acids is 1. The van der Waals surface area contributed by atoms with Crippen molar-refractivity contribution in [3.63, 3.8) is 0 Å². The van der Waals surface area contributed by atoms with Gasteiger partial charge in [0, 0.05) is 11.1 Å². The summed E-state index contributed by atoms with van der Waals surface area (Å²) in [6, 6.07) is 25.8. The Morgan fingerprint density at radius 2 is 1.54 bits per heavy atom. The van der Waals surface area contributed by atoms with E-state index in [-0.39, 0.29) is 11.7 Å². The van der Waals surface area contributed by atoms with Gasteiger partial charge in [-0.25, -0.2) is 14.8 Å². The van der Waals surface area contributed by atoms with E-state index in [4.69, 9.17) is 19.7 Å². The first-order valence-electron chi connectivity index (χ1n) is 11.5. The number of rotatable bonds is 6. The molecule has 0 aliphatic carbocycles. The number of methoxy groups -OCH3 is 1. The van der Waals surface area contributed by atoms with Gasteiger partial charge >= 0.3 is 5.97 Å². The van der Waals surface area contributed by atoms with Crippen LogP contribution in [0.15, 0.2) is 89.1 Å². The van der Waals surface area contributed by atoms with Gasteiger partial charge in [-0.15, -0.1) is 0 Å². The Hall–Kier alpha value is -3.78. The molecule has 0 N–H and O–H groups in total. The molecule has 8 heteroatoms. The summed E-state index contributed by atoms with van der Waals surface area (Å²) in [5, 5.41) is 14.1. The normalized spacial score (nSPS) is 18.7. The first kappa shape index (κ1) is 23.0. The zero-order valence-corrected chi connectivity index (χ0v) is 20.7. The Morgan fingerprint density at radius 1 is 0.886 bits per heavy atom. The zero-order valence-electron chi connectivity index (χ0n) is 19.8. The average molecular weight is 487 g/mol. The molecule has 3 aromatic carbocycles. The summed E-state index contributed by atoms with van der Waals surface area (Å²) in [7, 11) is 1.63. The fraction of sp³-hybridized carbons (Fsp3) is 0.222. The van der Waals surface area contributed by atoms with E-state index in [1.54, 1.807) is 14.0 Å². The van der Waals surface area contributed by atoms with Gasteiger partial charge in [0.1, 0.15) is 5.75 Å². The first-order valence-corrected chi connectivity index (χ1v) is 12.4. The number of thioether (sulfide) groups is 1.